The number of nitrogens with zero attached hydrogens (tertiary/aromatic N) is 1. The Morgan fingerprint density at radius 2 is 1.50 bits per heavy atom. The predicted molar refractivity (Wildman–Crippen MR) is 67.5 cm³/mol. The van der Waals surface area contributed by atoms with Crippen molar-refractivity contribution < 1.29 is 5.11 Å². The van der Waals surface area contributed by atoms with Crippen LogP contribution in [0.3, 0.4) is 0 Å². The van der Waals surface area contributed by atoms with Crippen LogP contribution in [0.15, 0.2) is 0 Å². The summed E-state index contributed by atoms with van der Waals surface area (Å²) in [6.45, 7) is 2.50. The smallest absolute Gasteiger partial charge is 0.0558 e. The molecule has 0 radical (unpaired) electrons. The Hall–Kier alpha value is -0.0800. The van der Waals surface area contributed by atoms with E-state index in [1.54, 1.807) is 0 Å². The van der Waals surface area contributed by atoms with E-state index in [0.29, 0.717) is 6.61 Å². The second-order valence-electron chi connectivity index (χ2n) is 5.66. The summed E-state index contributed by atoms with van der Waals surface area (Å²) in [6.07, 6.45) is 12.7. The van der Waals surface area contributed by atoms with Crippen LogP contribution < -0.4 is 0 Å². The maximum atomic E-state index is 9.18. The Morgan fingerprint density at radius 3 is 2.12 bits per heavy atom. The molecule has 0 aliphatic heterocycles. The Morgan fingerprint density at radius 1 is 0.875 bits per heavy atom. The van der Waals surface area contributed by atoms with Crippen LogP contribution in [0.25, 0.3) is 0 Å². The molecule has 1 N–H and O–H groups in total. The molecule has 94 valence electrons. The Balaban J connectivity index is 1.80. The highest BCUT2D eigenvalue weighted by Gasteiger charge is 2.25. The maximum absolute atomic E-state index is 9.18. The highest BCUT2D eigenvalue weighted by molar-refractivity contribution is 4.80. The molecule has 2 rings (SSSR count). The predicted octanol–water partition coefficient (Wildman–Crippen LogP) is 2.80. The molecule has 0 atom stereocenters. The van der Waals surface area contributed by atoms with Crippen molar-refractivity contribution in [3.05, 3.63) is 0 Å². The number of aliphatic hydroxyl groups is 1. The molecule has 2 aliphatic carbocycles. The monoisotopic (exact) mass is 225 g/mol. The molecule has 0 saturated heterocycles. The number of rotatable bonds is 5. The van der Waals surface area contributed by atoms with E-state index in [9.17, 15) is 5.11 Å². The summed E-state index contributed by atoms with van der Waals surface area (Å²) in [4.78, 5) is 2.59. The molecule has 2 nitrogen and oxygen atoms in total. The third kappa shape index (κ3) is 3.46. The summed E-state index contributed by atoms with van der Waals surface area (Å²) in [6, 6.07) is 0.786. The van der Waals surface area contributed by atoms with Gasteiger partial charge in [0.15, 0.2) is 0 Å². The molecule has 2 aliphatic rings. The normalized spacial score (nSPS) is 24.4. The first kappa shape index (κ1) is 12.4. The van der Waals surface area contributed by atoms with Crippen molar-refractivity contribution in [3.8, 4) is 0 Å². The van der Waals surface area contributed by atoms with Gasteiger partial charge in [0.1, 0.15) is 0 Å². The second kappa shape index (κ2) is 6.61. The molecular weight excluding hydrogens is 198 g/mol. The molecule has 0 aromatic carbocycles. The fraction of sp³-hybridized carbons (Fsp3) is 1.00. The number of hydrogen-bond donors (Lipinski definition) is 1. The van der Waals surface area contributed by atoms with E-state index in [1.807, 2.05) is 0 Å². The first-order chi connectivity index (χ1) is 7.90. The first-order valence-electron chi connectivity index (χ1n) is 7.25. The largest absolute Gasteiger partial charge is 0.395 e. The van der Waals surface area contributed by atoms with Gasteiger partial charge in [0.05, 0.1) is 6.61 Å². The van der Waals surface area contributed by atoms with Gasteiger partial charge in [-0.2, -0.15) is 0 Å². The summed E-state index contributed by atoms with van der Waals surface area (Å²) in [5, 5.41) is 9.18. The van der Waals surface area contributed by atoms with Gasteiger partial charge in [-0.1, -0.05) is 32.1 Å². The van der Waals surface area contributed by atoms with Crippen LogP contribution in [-0.4, -0.2) is 35.7 Å². The topological polar surface area (TPSA) is 23.5 Å². The minimum atomic E-state index is 0.337. The molecule has 2 fully saturated rings. The second-order valence-corrected chi connectivity index (χ2v) is 5.66. The van der Waals surface area contributed by atoms with Gasteiger partial charge in [-0.25, -0.2) is 0 Å². The fourth-order valence-electron chi connectivity index (χ4n) is 3.52. The molecule has 2 heteroatoms. The zero-order valence-corrected chi connectivity index (χ0v) is 10.5. The van der Waals surface area contributed by atoms with Crippen molar-refractivity contribution in [2.24, 2.45) is 5.92 Å². The van der Waals surface area contributed by atoms with Gasteiger partial charge in [0.25, 0.3) is 0 Å². The lowest BCUT2D eigenvalue weighted by Crippen LogP contribution is -2.39. The van der Waals surface area contributed by atoms with E-state index in [4.69, 9.17) is 0 Å². The quantitative estimate of drug-likeness (QED) is 0.777. The molecule has 0 unspecified atom stereocenters. The molecule has 2 saturated carbocycles. The van der Waals surface area contributed by atoms with Crippen molar-refractivity contribution in [2.45, 2.75) is 63.8 Å². The van der Waals surface area contributed by atoms with Crippen molar-refractivity contribution in [3.63, 3.8) is 0 Å². The van der Waals surface area contributed by atoms with E-state index in [0.717, 1.165) is 18.5 Å². The Bertz CT molecular complexity index is 183. The number of hydrogen-bond acceptors (Lipinski definition) is 2. The zero-order chi connectivity index (χ0) is 11.2. The van der Waals surface area contributed by atoms with Crippen molar-refractivity contribution >= 4 is 0 Å². The van der Waals surface area contributed by atoms with Crippen molar-refractivity contribution in [1.29, 1.82) is 0 Å². The lowest BCUT2D eigenvalue weighted by molar-refractivity contribution is 0.120. The molecule has 0 aromatic heterocycles. The van der Waals surface area contributed by atoms with Gasteiger partial charge in [-0.3, -0.25) is 4.90 Å². The summed E-state index contributed by atoms with van der Waals surface area (Å²) < 4.78 is 0. The zero-order valence-electron chi connectivity index (χ0n) is 10.5. The van der Waals surface area contributed by atoms with E-state index in [-0.39, 0.29) is 0 Å². The molecule has 0 bridgehead atoms. The van der Waals surface area contributed by atoms with E-state index in [2.05, 4.69) is 4.90 Å². The van der Waals surface area contributed by atoms with Crippen LogP contribution in [0.1, 0.15) is 57.8 Å². The van der Waals surface area contributed by atoms with Crippen molar-refractivity contribution in [2.75, 3.05) is 19.7 Å². The fourth-order valence-corrected chi connectivity index (χ4v) is 3.52. The highest BCUT2D eigenvalue weighted by Crippen LogP contribution is 2.28. The molecule has 0 aromatic rings. The summed E-state index contributed by atoms with van der Waals surface area (Å²) in [5.74, 6) is 0.917. The summed E-state index contributed by atoms with van der Waals surface area (Å²) in [7, 11) is 0. The van der Waals surface area contributed by atoms with Crippen LogP contribution in [0.2, 0.25) is 0 Å². The van der Waals surface area contributed by atoms with Crippen LogP contribution >= 0.6 is 0 Å². The molecule has 16 heavy (non-hydrogen) atoms. The standard InChI is InChI=1S/C14H27NO/c16-11-10-15(14-8-4-5-9-14)12-13-6-2-1-3-7-13/h13-14,16H,1-12H2. The third-order valence-electron chi connectivity index (χ3n) is 4.45. The van der Waals surface area contributed by atoms with Gasteiger partial charge in [0.2, 0.25) is 0 Å². The van der Waals surface area contributed by atoms with E-state index >= 15 is 0 Å². The average Bonchev–Trinajstić information content (AvgIpc) is 2.83. The Kier molecular flexibility index (Phi) is 5.11. The van der Waals surface area contributed by atoms with Gasteiger partial charge in [-0.15, -0.1) is 0 Å². The maximum Gasteiger partial charge on any atom is 0.0558 e. The van der Waals surface area contributed by atoms with Crippen LogP contribution in [0, 0.1) is 5.92 Å². The molecule has 0 spiro atoms. The first-order valence-corrected chi connectivity index (χ1v) is 7.25. The molecule has 0 amide bonds. The van der Waals surface area contributed by atoms with Gasteiger partial charge in [-0.05, 0) is 31.6 Å². The van der Waals surface area contributed by atoms with E-state index < -0.39 is 0 Å². The van der Waals surface area contributed by atoms with Gasteiger partial charge in [0, 0.05) is 19.1 Å². The van der Waals surface area contributed by atoms with Gasteiger partial charge >= 0.3 is 0 Å². The average molecular weight is 225 g/mol. The summed E-state index contributed by atoms with van der Waals surface area (Å²) >= 11 is 0. The van der Waals surface area contributed by atoms with Crippen LogP contribution in [-0.2, 0) is 0 Å². The molecular formula is C14H27NO. The van der Waals surface area contributed by atoms with E-state index in [1.165, 1.54) is 64.3 Å². The van der Waals surface area contributed by atoms with Crippen LogP contribution in [0.5, 0.6) is 0 Å². The molecule has 0 heterocycles. The summed E-state index contributed by atoms with van der Waals surface area (Å²) in [5.41, 5.74) is 0. The minimum Gasteiger partial charge on any atom is -0.395 e. The number of aliphatic hydroxyl groups excluding tert-OH is 1. The minimum absolute atomic E-state index is 0.337. The lowest BCUT2D eigenvalue weighted by atomic mass is 9.88. The van der Waals surface area contributed by atoms with Gasteiger partial charge < -0.3 is 5.11 Å². The van der Waals surface area contributed by atoms with Crippen LogP contribution in [0.4, 0.5) is 0 Å². The third-order valence-corrected chi connectivity index (χ3v) is 4.45. The highest BCUT2D eigenvalue weighted by atomic mass is 16.3. The Labute approximate surface area is 100 Å². The van der Waals surface area contributed by atoms with Crippen molar-refractivity contribution in [1.82, 2.24) is 4.90 Å². The SMILES string of the molecule is OCCN(CC1CCCCC1)C1CCCC1. The lowest BCUT2D eigenvalue weighted by Gasteiger charge is -2.33.